The van der Waals surface area contributed by atoms with Gasteiger partial charge in [-0.25, -0.2) is 4.98 Å². The van der Waals surface area contributed by atoms with Crippen LogP contribution in [-0.2, 0) is 5.41 Å². The van der Waals surface area contributed by atoms with Crippen molar-refractivity contribution in [2.45, 2.75) is 5.41 Å². The number of pyridine rings is 1. The molecule has 3 heteroatoms. The molecule has 1 aliphatic heterocycles. The first-order chi connectivity index (χ1) is 28.3. The molecule has 0 radical (unpaired) electrons. The third-order valence-corrected chi connectivity index (χ3v) is 13.8. The summed E-state index contributed by atoms with van der Waals surface area (Å²) in [4.78, 5) is 8.19. The summed E-state index contributed by atoms with van der Waals surface area (Å²) in [6.07, 6.45) is 0. The van der Waals surface area contributed by atoms with Gasteiger partial charge in [-0.2, -0.15) is 0 Å². The van der Waals surface area contributed by atoms with Crippen LogP contribution in [0, 0.1) is 0 Å². The van der Waals surface area contributed by atoms with Crippen molar-refractivity contribution in [1.29, 1.82) is 0 Å². The number of para-hydroxylation sites is 2. The average molecular weight is 741 g/mol. The van der Waals surface area contributed by atoms with E-state index in [0.717, 1.165) is 33.8 Å². The molecule has 0 bridgehead atoms. The zero-order chi connectivity index (χ0) is 37.2. The van der Waals surface area contributed by atoms with Gasteiger partial charge in [-0.05, 0) is 90.6 Å². The Labute approximate surface area is 333 Å². The van der Waals surface area contributed by atoms with E-state index in [4.69, 9.17) is 4.98 Å². The summed E-state index contributed by atoms with van der Waals surface area (Å²) in [7, 11) is 0. The molecule has 0 saturated carbocycles. The topological polar surface area (TPSA) is 16.1 Å². The van der Waals surface area contributed by atoms with Crippen LogP contribution < -0.4 is 4.90 Å². The molecule has 0 atom stereocenters. The zero-order valence-corrected chi connectivity index (χ0v) is 31.6. The highest BCUT2D eigenvalue weighted by molar-refractivity contribution is 7.26. The standard InChI is InChI=1S/C54H32N2S/c1-2-15-35-31-36(26-25-33(35)13-1)52-40-29-30-49-51(41-28-27-34-14-3-4-16-37(34)53(41)57-49)42(40)32-50(55-52)56-47-23-11-9-21-45(47)54(46-22-10-12-24-48(46)56)43-19-7-5-17-38(43)39-18-6-8-20-44(39)54/h1-32H. The van der Waals surface area contributed by atoms with Crippen molar-refractivity contribution in [3.63, 3.8) is 0 Å². The molecule has 9 aromatic carbocycles. The van der Waals surface area contributed by atoms with Gasteiger partial charge in [-0.3, -0.25) is 4.90 Å². The van der Waals surface area contributed by atoms with Crippen LogP contribution in [-0.4, -0.2) is 4.98 Å². The van der Waals surface area contributed by atoms with Gasteiger partial charge in [0.05, 0.1) is 22.5 Å². The lowest BCUT2D eigenvalue weighted by molar-refractivity contribution is 0.751. The Morgan fingerprint density at radius 3 is 1.74 bits per heavy atom. The summed E-state index contributed by atoms with van der Waals surface area (Å²) in [5.74, 6) is 0.910. The maximum atomic E-state index is 5.75. The minimum atomic E-state index is -0.479. The lowest BCUT2D eigenvalue weighted by Gasteiger charge is -2.44. The molecule has 0 fully saturated rings. The fraction of sp³-hybridized carbons (Fsp3) is 0.0185. The van der Waals surface area contributed by atoms with Crippen molar-refractivity contribution < 1.29 is 0 Å². The van der Waals surface area contributed by atoms with Crippen LogP contribution in [0.3, 0.4) is 0 Å². The first kappa shape index (κ1) is 31.2. The third kappa shape index (κ3) is 4.11. The smallest absolute Gasteiger partial charge is 0.138 e. The Balaban J connectivity index is 1.15. The predicted molar refractivity (Wildman–Crippen MR) is 241 cm³/mol. The lowest BCUT2D eigenvalue weighted by Crippen LogP contribution is -2.36. The summed E-state index contributed by atoms with van der Waals surface area (Å²) in [6, 6.07) is 71.8. The molecule has 3 heterocycles. The van der Waals surface area contributed by atoms with Crippen LogP contribution in [0.2, 0.25) is 0 Å². The molecular formula is C54H32N2S. The van der Waals surface area contributed by atoms with Gasteiger partial charge in [-0.1, -0.05) is 164 Å². The van der Waals surface area contributed by atoms with Crippen LogP contribution in [0.4, 0.5) is 17.2 Å². The van der Waals surface area contributed by atoms with Crippen molar-refractivity contribution in [2.24, 2.45) is 0 Å². The monoisotopic (exact) mass is 740 g/mol. The molecule has 2 aromatic heterocycles. The van der Waals surface area contributed by atoms with E-state index in [2.05, 4.69) is 199 Å². The van der Waals surface area contributed by atoms with Gasteiger partial charge in [0, 0.05) is 31.1 Å². The Bertz CT molecular complexity index is 3410. The van der Waals surface area contributed by atoms with E-state index in [-0.39, 0.29) is 0 Å². The fourth-order valence-electron chi connectivity index (χ4n) is 10.3. The Morgan fingerprint density at radius 2 is 1.00 bits per heavy atom. The number of fused-ring (bicyclic) bond motifs is 17. The predicted octanol–water partition coefficient (Wildman–Crippen LogP) is 14.7. The molecule has 1 spiro atoms. The highest BCUT2D eigenvalue weighted by atomic mass is 32.1. The van der Waals surface area contributed by atoms with Crippen LogP contribution in [0.1, 0.15) is 22.3 Å². The molecule has 57 heavy (non-hydrogen) atoms. The number of hydrogen-bond donors (Lipinski definition) is 0. The summed E-state index contributed by atoms with van der Waals surface area (Å²) in [5, 5.41) is 9.95. The van der Waals surface area contributed by atoms with Crippen LogP contribution in [0.25, 0.3) is 74.9 Å². The van der Waals surface area contributed by atoms with E-state index >= 15 is 0 Å². The zero-order valence-electron chi connectivity index (χ0n) is 30.8. The molecule has 13 rings (SSSR count). The van der Waals surface area contributed by atoms with E-state index in [1.165, 1.54) is 80.5 Å². The van der Waals surface area contributed by atoms with Gasteiger partial charge < -0.3 is 0 Å². The first-order valence-corrected chi connectivity index (χ1v) is 20.4. The molecule has 264 valence electrons. The van der Waals surface area contributed by atoms with Crippen LogP contribution >= 0.6 is 11.3 Å². The summed E-state index contributed by atoms with van der Waals surface area (Å²) in [5.41, 5.74) is 11.7. The molecule has 2 aliphatic rings. The Kier molecular flexibility index (Phi) is 6.28. The van der Waals surface area contributed by atoms with Crippen molar-refractivity contribution >= 4 is 81.0 Å². The van der Waals surface area contributed by atoms with E-state index < -0.39 is 5.41 Å². The number of aromatic nitrogens is 1. The lowest BCUT2D eigenvalue weighted by atomic mass is 9.65. The van der Waals surface area contributed by atoms with Gasteiger partial charge in [0.1, 0.15) is 5.82 Å². The number of nitrogens with zero attached hydrogens (tertiary/aromatic N) is 2. The second-order valence-corrected chi connectivity index (χ2v) is 16.5. The normalized spacial score (nSPS) is 13.7. The van der Waals surface area contributed by atoms with Gasteiger partial charge >= 0.3 is 0 Å². The molecule has 0 unspecified atom stereocenters. The van der Waals surface area contributed by atoms with E-state index in [1.54, 1.807) is 0 Å². The minimum Gasteiger partial charge on any atom is -0.294 e. The SMILES string of the molecule is c1ccc2c(c1)-c1ccccc1C21c2ccccc2N(c2cc3c(ccc4sc5c6ccccc6ccc5c43)c(-c3ccc4ccccc4c3)n2)c2ccccc21. The molecule has 11 aromatic rings. The Hall–Kier alpha value is -7.07. The molecule has 2 nitrogen and oxygen atoms in total. The average Bonchev–Trinajstić information content (AvgIpc) is 3.81. The van der Waals surface area contributed by atoms with Crippen molar-refractivity contribution in [2.75, 3.05) is 4.90 Å². The molecule has 0 amide bonds. The number of benzene rings is 9. The highest BCUT2D eigenvalue weighted by Gasteiger charge is 2.51. The van der Waals surface area contributed by atoms with E-state index in [1.807, 2.05) is 11.3 Å². The van der Waals surface area contributed by atoms with Gasteiger partial charge in [-0.15, -0.1) is 11.3 Å². The molecule has 0 N–H and O–H groups in total. The largest absolute Gasteiger partial charge is 0.294 e. The van der Waals surface area contributed by atoms with Crippen LogP contribution in [0.5, 0.6) is 0 Å². The maximum Gasteiger partial charge on any atom is 0.138 e. The van der Waals surface area contributed by atoms with Crippen molar-refractivity contribution in [3.8, 4) is 22.4 Å². The number of anilines is 3. The number of hydrogen-bond acceptors (Lipinski definition) is 3. The second-order valence-electron chi connectivity index (χ2n) is 15.4. The summed E-state index contributed by atoms with van der Waals surface area (Å²) in [6.45, 7) is 0. The second kappa shape index (κ2) is 11.5. The van der Waals surface area contributed by atoms with Crippen LogP contribution in [0.15, 0.2) is 194 Å². The van der Waals surface area contributed by atoms with Gasteiger partial charge in [0.15, 0.2) is 0 Å². The molecule has 1 aliphatic carbocycles. The van der Waals surface area contributed by atoms with Gasteiger partial charge in [0.2, 0.25) is 0 Å². The molecular weight excluding hydrogens is 709 g/mol. The third-order valence-electron chi connectivity index (χ3n) is 12.6. The molecule has 0 saturated heterocycles. The van der Waals surface area contributed by atoms with Crippen molar-refractivity contribution in [3.05, 3.63) is 216 Å². The number of thiophene rings is 1. The fourth-order valence-corrected chi connectivity index (χ4v) is 11.5. The quantitative estimate of drug-likeness (QED) is 0.175. The van der Waals surface area contributed by atoms with E-state index in [0.29, 0.717) is 0 Å². The number of rotatable bonds is 2. The Morgan fingerprint density at radius 1 is 0.421 bits per heavy atom. The first-order valence-electron chi connectivity index (χ1n) is 19.6. The van der Waals surface area contributed by atoms with E-state index in [9.17, 15) is 0 Å². The minimum absolute atomic E-state index is 0.479. The maximum absolute atomic E-state index is 5.75. The summed E-state index contributed by atoms with van der Waals surface area (Å²) < 4.78 is 2.61. The van der Waals surface area contributed by atoms with Crippen molar-refractivity contribution in [1.82, 2.24) is 4.98 Å². The summed E-state index contributed by atoms with van der Waals surface area (Å²) >= 11 is 1.89. The van der Waals surface area contributed by atoms with Gasteiger partial charge in [0.25, 0.3) is 0 Å². The highest BCUT2D eigenvalue weighted by Crippen LogP contribution is 2.63.